The summed E-state index contributed by atoms with van der Waals surface area (Å²) in [5, 5.41) is 0.671. The Bertz CT molecular complexity index is 617. The molecule has 1 aromatic carbocycles. The Hall–Kier alpha value is -1.24. The van der Waals surface area contributed by atoms with Gasteiger partial charge in [-0.25, -0.2) is 0 Å². The molecule has 0 bridgehead atoms. The molecule has 2 amide bonds. The number of likely N-dealkylation sites (tertiary alicyclic amines) is 1. The molecule has 2 aliphatic heterocycles. The molecule has 5 nitrogen and oxygen atoms in total. The van der Waals surface area contributed by atoms with E-state index in [0.717, 1.165) is 23.7 Å². The standard InChI is InChI=1S/C17H21ClN2O3S/c1-19(7-8-23-14-4-2-13(18)3-5-14)12-20-15(21)10-17(16(20)22)6-9-24-11-17/h2-5H,6-12H2,1H3. The largest absolute Gasteiger partial charge is 0.492 e. The summed E-state index contributed by atoms with van der Waals surface area (Å²) in [5.74, 6) is 2.45. The number of ether oxygens (including phenoxy) is 1. The van der Waals surface area contributed by atoms with Gasteiger partial charge in [0.1, 0.15) is 12.4 Å². The monoisotopic (exact) mass is 368 g/mol. The van der Waals surface area contributed by atoms with E-state index >= 15 is 0 Å². The zero-order valence-electron chi connectivity index (χ0n) is 13.7. The van der Waals surface area contributed by atoms with Gasteiger partial charge in [-0.05, 0) is 43.5 Å². The Morgan fingerprint density at radius 3 is 2.75 bits per heavy atom. The number of benzene rings is 1. The van der Waals surface area contributed by atoms with E-state index in [1.807, 2.05) is 24.1 Å². The van der Waals surface area contributed by atoms with Crippen molar-refractivity contribution in [3.05, 3.63) is 29.3 Å². The molecule has 1 spiro atoms. The molecule has 1 atom stereocenters. The van der Waals surface area contributed by atoms with Crippen LogP contribution in [0.2, 0.25) is 5.02 Å². The van der Waals surface area contributed by atoms with Crippen LogP contribution in [0.3, 0.4) is 0 Å². The average Bonchev–Trinajstić information content (AvgIpc) is 3.11. The number of likely N-dealkylation sites (N-methyl/N-ethyl adjacent to an activating group) is 1. The van der Waals surface area contributed by atoms with Gasteiger partial charge in [-0.15, -0.1) is 0 Å². The Labute approximate surface area is 151 Å². The second kappa shape index (κ2) is 7.33. The number of imide groups is 1. The zero-order valence-corrected chi connectivity index (χ0v) is 15.2. The molecular weight excluding hydrogens is 348 g/mol. The molecule has 1 unspecified atom stereocenters. The van der Waals surface area contributed by atoms with Crippen molar-refractivity contribution in [2.75, 3.05) is 38.4 Å². The summed E-state index contributed by atoms with van der Waals surface area (Å²) in [6, 6.07) is 7.19. The molecule has 1 aromatic rings. The first-order valence-electron chi connectivity index (χ1n) is 8.00. The highest BCUT2D eigenvalue weighted by Crippen LogP contribution is 2.44. The van der Waals surface area contributed by atoms with Gasteiger partial charge in [0.25, 0.3) is 0 Å². The Kier molecular flexibility index (Phi) is 5.37. The first-order valence-corrected chi connectivity index (χ1v) is 9.53. The van der Waals surface area contributed by atoms with E-state index in [1.165, 1.54) is 4.90 Å². The van der Waals surface area contributed by atoms with Crippen LogP contribution in [0.25, 0.3) is 0 Å². The van der Waals surface area contributed by atoms with Gasteiger partial charge in [0.2, 0.25) is 11.8 Å². The Balaban J connectivity index is 1.48. The van der Waals surface area contributed by atoms with Crippen molar-refractivity contribution in [1.29, 1.82) is 0 Å². The maximum atomic E-state index is 12.6. The van der Waals surface area contributed by atoms with Crippen LogP contribution in [-0.2, 0) is 9.59 Å². The highest BCUT2D eigenvalue weighted by atomic mass is 35.5. The number of amides is 2. The van der Waals surface area contributed by atoms with Crippen LogP contribution in [0.15, 0.2) is 24.3 Å². The third kappa shape index (κ3) is 3.71. The molecule has 2 heterocycles. The lowest BCUT2D eigenvalue weighted by Crippen LogP contribution is -2.43. The quantitative estimate of drug-likeness (QED) is 0.722. The molecule has 2 aliphatic rings. The fourth-order valence-corrected chi connectivity index (χ4v) is 4.65. The van der Waals surface area contributed by atoms with Crippen LogP contribution in [0.5, 0.6) is 5.75 Å². The van der Waals surface area contributed by atoms with E-state index in [2.05, 4.69) is 0 Å². The minimum atomic E-state index is -0.428. The molecule has 24 heavy (non-hydrogen) atoms. The molecule has 0 aliphatic carbocycles. The van der Waals surface area contributed by atoms with E-state index in [4.69, 9.17) is 16.3 Å². The van der Waals surface area contributed by atoms with Crippen LogP contribution in [0, 0.1) is 5.41 Å². The predicted octanol–water partition coefficient (Wildman–Crippen LogP) is 2.49. The maximum Gasteiger partial charge on any atom is 0.237 e. The lowest BCUT2D eigenvalue weighted by molar-refractivity contribution is -0.143. The number of carbonyl (C=O) groups is 2. The van der Waals surface area contributed by atoms with Crippen molar-refractivity contribution in [1.82, 2.24) is 9.80 Å². The minimum Gasteiger partial charge on any atom is -0.492 e. The first-order chi connectivity index (χ1) is 11.5. The third-order valence-electron chi connectivity index (χ3n) is 4.53. The number of hydrogen-bond donors (Lipinski definition) is 0. The van der Waals surface area contributed by atoms with E-state index in [1.54, 1.807) is 23.9 Å². The summed E-state index contributed by atoms with van der Waals surface area (Å²) in [4.78, 5) is 28.2. The van der Waals surface area contributed by atoms with Crippen molar-refractivity contribution < 1.29 is 14.3 Å². The van der Waals surface area contributed by atoms with Crippen molar-refractivity contribution in [2.24, 2.45) is 5.41 Å². The summed E-state index contributed by atoms with van der Waals surface area (Å²) in [7, 11) is 1.89. The molecule has 7 heteroatoms. The summed E-state index contributed by atoms with van der Waals surface area (Å²) in [5.41, 5.74) is -0.428. The topological polar surface area (TPSA) is 49.9 Å². The lowest BCUT2D eigenvalue weighted by Gasteiger charge is -2.25. The second-order valence-electron chi connectivity index (χ2n) is 6.41. The summed E-state index contributed by atoms with van der Waals surface area (Å²) < 4.78 is 5.65. The molecule has 2 fully saturated rings. The fourth-order valence-electron chi connectivity index (χ4n) is 3.08. The number of thioether (sulfide) groups is 1. The first kappa shape index (κ1) is 17.6. The van der Waals surface area contributed by atoms with Crippen molar-refractivity contribution in [2.45, 2.75) is 12.8 Å². The Morgan fingerprint density at radius 1 is 1.33 bits per heavy atom. The van der Waals surface area contributed by atoms with E-state index < -0.39 is 5.41 Å². The number of halogens is 1. The van der Waals surface area contributed by atoms with Crippen LogP contribution in [-0.4, -0.2) is 60.0 Å². The maximum absolute atomic E-state index is 12.6. The molecule has 0 radical (unpaired) electrons. The molecule has 2 saturated heterocycles. The number of carbonyl (C=O) groups excluding carboxylic acids is 2. The van der Waals surface area contributed by atoms with E-state index in [0.29, 0.717) is 31.3 Å². The smallest absolute Gasteiger partial charge is 0.237 e. The van der Waals surface area contributed by atoms with E-state index in [9.17, 15) is 9.59 Å². The zero-order chi connectivity index (χ0) is 17.2. The van der Waals surface area contributed by atoms with Gasteiger partial charge in [-0.1, -0.05) is 11.6 Å². The molecular formula is C17H21ClN2O3S. The lowest BCUT2D eigenvalue weighted by atomic mass is 9.86. The van der Waals surface area contributed by atoms with Crippen molar-refractivity contribution in [3.8, 4) is 5.75 Å². The van der Waals surface area contributed by atoms with Crippen LogP contribution in [0.4, 0.5) is 0 Å². The molecule has 3 rings (SSSR count). The second-order valence-corrected chi connectivity index (χ2v) is 7.95. The van der Waals surface area contributed by atoms with Crippen LogP contribution in [0.1, 0.15) is 12.8 Å². The normalized spacial score (nSPS) is 23.7. The SMILES string of the molecule is CN(CCOc1ccc(Cl)cc1)CN1C(=O)CC2(CCSC2)C1=O. The number of rotatable bonds is 6. The van der Waals surface area contributed by atoms with Crippen LogP contribution >= 0.6 is 23.4 Å². The molecule has 130 valence electrons. The van der Waals surface area contributed by atoms with Gasteiger partial charge >= 0.3 is 0 Å². The van der Waals surface area contributed by atoms with Gasteiger partial charge in [0.15, 0.2) is 0 Å². The minimum absolute atomic E-state index is 0.00275. The number of nitrogens with zero attached hydrogens (tertiary/aromatic N) is 2. The van der Waals surface area contributed by atoms with Gasteiger partial charge in [-0.3, -0.25) is 19.4 Å². The number of hydrogen-bond acceptors (Lipinski definition) is 5. The summed E-state index contributed by atoms with van der Waals surface area (Å²) in [6.07, 6.45) is 1.19. The fraction of sp³-hybridized carbons (Fsp3) is 0.529. The molecule has 0 saturated carbocycles. The molecule has 0 aromatic heterocycles. The predicted molar refractivity (Wildman–Crippen MR) is 95.3 cm³/mol. The van der Waals surface area contributed by atoms with Crippen molar-refractivity contribution >= 4 is 35.2 Å². The average molecular weight is 369 g/mol. The Morgan fingerprint density at radius 2 is 2.08 bits per heavy atom. The molecule has 0 N–H and O–H groups in total. The van der Waals surface area contributed by atoms with Gasteiger partial charge in [0, 0.05) is 23.7 Å². The summed E-state index contributed by atoms with van der Waals surface area (Å²) >= 11 is 7.60. The van der Waals surface area contributed by atoms with E-state index in [-0.39, 0.29) is 11.8 Å². The highest BCUT2D eigenvalue weighted by Gasteiger charge is 2.53. The summed E-state index contributed by atoms with van der Waals surface area (Å²) in [6.45, 7) is 1.44. The van der Waals surface area contributed by atoms with Crippen LogP contribution < -0.4 is 4.74 Å². The highest BCUT2D eigenvalue weighted by molar-refractivity contribution is 7.99. The van der Waals surface area contributed by atoms with Gasteiger partial charge < -0.3 is 4.74 Å². The van der Waals surface area contributed by atoms with Gasteiger partial charge in [-0.2, -0.15) is 11.8 Å². The van der Waals surface area contributed by atoms with Gasteiger partial charge in [0.05, 0.1) is 12.1 Å². The third-order valence-corrected chi connectivity index (χ3v) is 6.03. The van der Waals surface area contributed by atoms with Crippen molar-refractivity contribution in [3.63, 3.8) is 0 Å².